The van der Waals surface area contributed by atoms with E-state index in [0.717, 1.165) is 35.4 Å². The van der Waals surface area contributed by atoms with E-state index in [1.807, 2.05) is 0 Å². The van der Waals surface area contributed by atoms with Gasteiger partial charge in [0.2, 0.25) is 0 Å². The highest BCUT2D eigenvalue weighted by molar-refractivity contribution is 7.86. The molecular weight excluding hydrogens is 729 g/mol. The SMILES string of the molecule is O=S(=O)(O)c1ccc2c(-c3ccc(/C=C/c4ccc(-c5cc(S(=O)(=O)O)cc6cc(S(=O)(=O)O)ccc56)cc4)cc3)cc(S(=O)(=O)O)cc2c1. The fourth-order valence-electron chi connectivity index (χ4n) is 5.48. The van der Waals surface area contributed by atoms with Crippen LogP contribution in [0.4, 0.5) is 0 Å². The van der Waals surface area contributed by atoms with E-state index >= 15 is 0 Å². The fourth-order valence-corrected chi connectivity index (χ4v) is 7.59. The molecule has 6 aromatic rings. The molecule has 0 aliphatic rings. The van der Waals surface area contributed by atoms with Crippen LogP contribution in [0.5, 0.6) is 0 Å². The van der Waals surface area contributed by atoms with Crippen LogP contribution in [-0.2, 0) is 40.5 Å². The van der Waals surface area contributed by atoms with Crippen LogP contribution in [0.15, 0.2) is 129 Å². The van der Waals surface area contributed by atoms with Crippen molar-refractivity contribution >= 4 is 74.2 Å². The summed E-state index contributed by atoms with van der Waals surface area (Å²) in [7, 11) is -18.5. The molecule has 0 aliphatic carbocycles. The first-order chi connectivity index (χ1) is 23.3. The molecule has 50 heavy (non-hydrogen) atoms. The van der Waals surface area contributed by atoms with Gasteiger partial charge in [-0.25, -0.2) is 0 Å². The Labute approximate surface area is 287 Å². The molecule has 0 saturated heterocycles. The summed E-state index contributed by atoms with van der Waals surface area (Å²) in [6.07, 6.45) is 3.60. The van der Waals surface area contributed by atoms with E-state index in [0.29, 0.717) is 33.0 Å². The second-order valence-corrected chi connectivity index (χ2v) is 16.9. The zero-order valence-corrected chi connectivity index (χ0v) is 28.5. The number of benzene rings is 6. The largest absolute Gasteiger partial charge is 0.294 e. The lowest BCUT2D eigenvalue weighted by Gasteiger charge is -2.11. The average Bonchev–Trinajstić information content (AvgIpc) is 3.04. The van der Waals surface area contributed by atoms with Crippen LogP contribution in [0.2, 0.25) is 0 Å². The summed E-state index contributed by atoms with van der Waals surface area (Å²) in [5.41, 5.74) is 3.41. The van der Waals surface area contributed by atoms with Gasteiger partial charge in [-0.15, -0.1) is 0 Å². The Balaban J connectivity index is 1.31. The highest BCUT2D eigenvalue weighted by atomic mass is 32.2. The molecule has 0 fully saturated rings. The van der Waals surface area contributed by atoms with Gasteiger partial charge >= 0.3 is 0 Å². The van der Waals surface area contributed by atoms with Crippen LogP contribution >= 0.6 is 0 Å². The molecule has 0 aromatic heterocycles. The van der Waals surface area contributed by atoms with Gasteiger partial charge < -0.3 is 0 Å². The first-order valence-electron chi connectivity index (χ1n) is 14.2. The summed E-state index contributed by atoms with van der Waals surface area (Å²) in [4.78, 5) is -1.79. The van der Waals surface area contributed by atoms with Crippen molar-refractivity contribution < 1.29 is 51.9 Å². The van der Waals surface area contributed by atoms with Gasteiger partial charge in [0.15, 0.2) is 0 Å². The summed E-state index contributed by atoms with van der Waals surface area (Å²) in [5.74, 6) is 0. The molecule has 6 rings (SSSR count). The first-order valence-corrected chi connectivity index (χ1v) is 20.0. The third-order valence-corrected chi connectivity index (χ3v) is 11.3. The lowest BCUT2D eigenvalue weighted by Crippen LogP contribution is -2.01. The number of fused-ring (bicyclic) bond motifs is 2. The molecule has 0 unspecified atom stereocenters. The van der Waals surface area contributed by atoms with Crippen molar-refractivity contribution in [2.24, 2.45) is 0 Å². The van der Waals surface area contributed by atoms with Crippen molar-refractivity contribution in [2.75, 3.05) is 0 Å². The third kappa shape index (κ3) is 7.37. The van der Waals surface area contributed by atoms with E-state index in [2.05, 4.69) is 0 Å². The van der Waals surface area contributed by atoms with E-state index in [4.69, 9.17) is 0 Å². The molecule has 0 aliphatic heterocycles. The maximum atomic E-state index is 12.0. The zero-order chi connectivity index (χ0) is 36.2. The maximum Gasteiger partial charge on any atom is 0.294 e. The first kappa shape index (κ1) is 35.1. The standard InChI is InChI=1S/C34H24O12S4/c35-47(36,37)27-11-13-31-25(15-27)17-29(49(41,42)43)19-33(31)23-7-3-21(4-8-23)1-2-22-5-9-24(10-6-22)34-20-30(50(44,45)46)18-26-16-28(48(38,39)40)12-14-32(26)34/h1-20H,(H,35,36,37)(H,38,39,40)(H,41,42,43)(H,44,45,46)/b2-1+. The van der Waals surface area contributed by atoms with E-state index in [1.165, 1.54) is 36.4 Å². The molecule has 0 radical (unpaired) electrons. The predicted molar refractivity (Wildman–Crippen MR) is 187 cm³/mol. The van der Waals surface area contributed by atoms with Gasteiger partial charge in [0, 0.05) is 0 Å². The monoisotopic (exact) mass is 752 g/mol. The van der Waals surface area contributed by atoms with Gasteiger partial charge in [-0.05, 0) is 103 Å². The zero-order valence-electron chi connectivity index (χ0n) is 25.2. The molecular formula is C34H24O12S4. The number of hydrogen-bond donors (Lipinski definition) is 4. The fraction of sp³-hybridized carbons (Fsp3) is 0. The molecule has 0 atom stereocenters. The molecule has 6 aromatic carbocycles. The van der Waals surface area contributed by atoms with Gasteiger partial charge in [0.1, 0.15) is 0 Å². The minimum Gasteiger partial charge on any atom is -0.282 e. The van der Waals surface area contributed by atoms with Crippen molar-refractivity contribution in [1.82, 2.24) is 0 Å². The molecule has 0 bridgehead atoms. The van der Waals surface area contributed by atoms with Gasteiger partial charge in [-0.3, -0.25) is 18.2 Å². The molecule has 256 valence electrons. The Morgan fingerprint density at radius 2 is 0.660 bits per heavy atom. The van der Waals surface area contributed by atoms with E-state index < -0.39 is 60.1 Å². The van der Waals surface area contributed by atoms with Crippen LogP contribution in [0, 0.1) is 0 Å². The van der Waals surface area contributed by atoms with Crippen molar-refractivity contribution in [2.45, 2.75) is 19.6 Å². The lowest BCUT2D eigenvalue weighted by atomic mass is 9.96. The van der Waals surface area contributed by atoms with Crippen LogP contribution in [-0.4, -0.2) is 51.9 Å². The molecule has 12 nitrogen and oxygen atoms in total. The normalized spacial score (nSPS) is 13.0. The Morgan fingerprint density at radius 3 is 0.960 bits per heavy atom. The molecule has 16 heteroatoms. The second-order valence-electron chi connectivity index (χ2n) is 11.2. The Morgan fingerprint density at radius 1 is 0.360 bits per heavy atom. The van der Waals surface area contributed by atoms with Crippen LogP contribution in [0.1, 0.15) is 11.1 Å². The maximum absolute atomic E-state index is 12.0. The van der Waals surface area contributed by atoms with Gasteiger partial charge in [0.05, 0.1) is 19.6 Å². The second kappa shape index (κ2) is 12.5. The van der Waals surface area contributed by atoms with Crippen molar-refractivity contribution in [3.8, 4) is 22.3 Å². The lowest BCUT2D eigenvalue weighted by molar-refractivity contribution is 0.480. The van der Waals surface area contributed by atoms with E-state index in [9.17, 15) is 51.9 Å². The van der Waals surface area contributed by atoms with Crippen molar-refractivity contribution in [1.29, 1.82) is 0 Å². The molecule has 0 saturated carbocycles. The van der Waals surface area contributed by atoms with Crippen LogP contribution in [0.3, 0.4) is 0 Å². The minimum absolute atomic E-state index is 0.165. The van der Waals surface area contributed by atoms with E-state index in [-0.39, 0.29) is 10.8 Å². The molecule has 4 N–H and O–H groups in total. The Hall–Kier alpha value is -4.78. The highest BCUT2D eigenvalue weighted by Gasteiger charge is 2.19. The topological polar surface area (TPSA) is 217 Å². The van der Waals surface area contributed by atoms with Crippen LogP contribution in [0.25, 0.3) is 56.0 Å². The van der Waals surface area contributed by atoms with Crippen molar-refractivity contribution in [3.05, 3.63) is 120 Å². The van der Waals surface area contributed by atoms with E-state index in [1.54, 1.807) is 60.7 Å². The third-order valence-electron chi connectivity index (χ3n) is 7.90. The molecule has 0 amide bonds. The average molecular weight is 753 g/mol. The van der Waals surface area contributed by atoms with Crippen molar-refractivity contribution in [3.63, 3.8) is 0 Å². The summed E-state index contributed by atoms with van der Waals surface area (Å²) in [5, 5.41) is 1.28. The van der Waals surface area contributed by atoms with Gasteiger partial charge in [-0.2, -0.15) is 33.7 Å². The molecule has 0 spiro atoms. The quantitative estimate of drug-likeness (QED) is 0.0970. The summed E-state index contributed by atoms with van der Waals surface area (Å²) in [6.45, 7) is 0. The molecule has 0 heterocycles. The summed E-state index contributed by atoms with van der Waals surface area (Å²) >= 11 is 0. The van der Waals surface area contributed by atoms with Gasteiger partial charge in [-0.1, -0.05) is 72.8 Å². The summed E-state index contributed by atoms with van der Waals surface area (Å²) < 4.78 is 133. The predicted octanol–water partition coefficient (Wildman–Crippen LogP) is 6.48. The Bertz CT molecular complexity index is 2620. The van der Waals surface area contributed by atoms with Crippen LogP contribution < -0.4 is 0 Å². The summed E-state index contributed by atoms with van der Waals surface area (Å²) in [6, 6.07) is 26.1. The highest BCUT2D eigenvalue weighted by Crippen LogP contribution is 2.35. The smallest absolute Gasteiger partial charge is 0.282 e. The minimum atomic E-state index is -4.66. The number of hydrogen-bond acceptors (Lipinski definition) is 8. The Kier molecular flexibility index (Phi) is 8.78. The van der Waals surface area contributed by atoms with Gasteiger partial charge in [0.25, 0.3) is 40.5 Å². The number of rotatable bonds is 8.